The van der Waals surface area contributed by atoms with Gasteiger partial charge in [0.25, 0.3) is 0 Å². The predicted octanol–water partition coefficient (Wildman–Crippen LogP) is 0.215. The van der Waals surface area contributed by atoms with Gasteiger partial charge in [-0.05, 0) is 12.9 Å². The Morgan fingerprint density at radius 3 is 2.89 bits per heavy atom. The Balaban J connectivity index is 1.98. The zero-order valence-corrected chi connectivity index (χ0v) is 11.4. The zero-order valence-electron chi connectivity index (χ0n) is 12.4. The van der Waals surface area contributed by atoms with Gasteiger partial charge in [0.05, 0.1) is 19.8 Å². The fourth-order valence-electron chi connectivity index (χ4n) is 1.81. The smallest absolute Gasteiger partial charge is 0.234 e. The van der Waals surface area contributed by atoms with Crippen LogP contribution in [-0.2, 0) is 9.53 Å². The molecule has 5 nitrogen and oxygen atoms in total. The number of hydrogen-bond donors (Lipinski definition) is 2. The summed E-state index contributed by atoms with van der Waals surface area (Å²) in [5.74, 6) is -0.0259. The van der Waals surface area contributed by atoms with Crippen molar-refractivity contribution in [3.8, 4) is 0 Å². The Morgan fingerprint density at radius 1 is 1.39 bits per heavy atom. The lowest BCUT2D eigenvalue weighted by Crippen LogP contribution is -2.43. The number of carbonyl (C=O) groups excluding carboxylic acids is 1. The van der Waals surface area contributed by atoms with Gasteiger partial charge in [-0.15, -0.1) is 0 Å². The fraction of sp³-hybridized carbons (Fsp3) is 0.923. The standard InChI is InChI=1S/C13H27N3O2/c1-2-3-4-5-14-12-13(17)15-6-7-16-8-10-18-11-9-16/h14H,2-12H2,1H3,(H,15,17)/i5D/t5-/m1/s1. The molecule has 5 heteroatoms. The Kier molecular flexibility index (Phi) is 7.87. The molecule has 1 aliphatic rings. The summed E-state index contributed by atoms with van der Waals surface area (Å²) in [5, 5.41) is 5.80. The Labute approximate surface area is 112 Å². The second-order valence-electron chi connectivity index (χ2n) is 4.53. The average molecular weight is 258 g/mol. The van der Waals surface area contributed by atoms with E-state index in [0.717, 1.165) is 52.1 Å². The number of rotatable bonds is 9. The van der Waals surface area contributed by atoms with Crippen LogP contribution in [0.4, 0.5) is 0 Å². The third-order valence-corrected chi connectivity index (χ3v) is 2.96. The van der Waals surface area contributed by atoms with Crippen molar-refractivity contribution in [2.75, 3.05) is 52.5 Å². The number of amides is 1. The third-order valence-electron chi connectivity index (χ3n) is 2.96. The Bertz CT molecular complexity index is 248. The number of ether oxygens (including phenoxy) is 1. The van der Waals surface area contributed by atoms with Gasteiger partial charge in [0.15, 0.2) is 0 Å². The summed E-state index contributed by atoms with van der Waals surface area (Å²) in [6.45, 7) is 7.00. The SMILES string of the molecule is [2H][C@H](CCCC)NCC(=O)NCCN1CCOCC1. The highest BCUT2D eigenvalue weighted by Gasteiger charge is 2.09. The molecular weight excluding hydrogens is 230 g/mol. The third kappa shape index (κ3) is 7.63. The number of carbonyl (C=O) groups is 1. The maximum Gasteiger partial charge on any atom is 0.234 e. The van der Waals surface area contributed by atoms with Gasteiger partial charge in [0.2, 0.25) is 5.91 Å². The molecule has 1 rings (SSSR count). The second-order valence-corrected chi connectivity index (χ2v) is 4.53. The molecular formula is C13H27N3O2. The van der Waals surface area contributed by atoms with E-state index in [9.17, 15) is 4.79 Å². The number of hydrogen-bond acceptors (Lipinski definition) is 4. The predicted molar refractivity (Wildman–Crippen MR) is 72.7 cm³/mol. The number of nitrogens with one attached hydrogen (secondary N) is 2. The minimum Gasteiger partial charge on any atom is -0.379 e. The van der Waals surface area contributed by atoms with E-state index in [0.29, 0.717) is 6.54 Å². The van der Waals surface area contributed by atoms with E-state index in [1.807, 2.05) is 0 Å². The highest BCUT2D eigenvalue weighted by atomic mass is 16.5. The molecule has 0 aromatic carbocycles. The van der Waals surface area contributed by atoms with E-state index < -0.39 is 0 Å². The first kappa shape index (κ1) is 13.8. The van der Waals surface area contributed by atoms with Gasteiger partial charge in [-0.3, -0.25) is 9.69 Å². The van der Waals surface area contributed by atoms with Gasteiger partial charge in [0, 0.05) is 27.5 Å². The molecule has 1 fully saturated rings. The van der Waals surface area contributed by atoms with E-state index in [1.54, 1.807) is 0 Å². The summed E-state index contributed by atoms with van der Waals surface area (Å²) >= 11 is 0. The number of nitrogens with zero attached hydrogens (tertiary/aromatic N) is 1. The summed E-state index contributed by atoms with van der Waals surface area (Å²) in [7, 11) is 0. The highest BCUT2D eigenvalue weighted by Crippen LogP contribution is 1.94. The van der Waals surface area contributed by atoms with Crippen LogP contribution in [0.25, 0.3) is 0 Å². The molecule has 0 radical (unpaired) electrons. The van der Waals surface area contributed by atoms with Gasteiger partial charge >= 0.3 is 0 Å². The van der Waals surface area contributed by atoms with Crippen LogP contribution in [-0.4, -0.2) is 63.3 Å². The van der Waals surface area contributed by atoms with Crippen LogP contribution in [0.1, 0.15) is 27.6 Å². The molecule has 106 valence electrons. The van der Waals surface area contributed by atoms with Crippen LogP contribution >= 0.6 is 0 Å². The number of unbranched alkanes of at least 4 members (excludes halogenated alkanes) is 1. The van der Waals surface area contributed by atoms with Crippen LogP contribution in [0.15, 0.2) is 0 Å². The fourth-order valence-corrected chi connectivity index (χ4v) is 1.81. The van der Waals surface area contributed by atoms with Crippen LogP contribution in [0.2, 0.25) is 0 Å². The van der Waals surface area contributed by atoms with Crippen molar-refractivity contribution in [3.05, 3.63) is 0 Å². The van der Waals surface area contributed by atoms with Gasteiger partial charge in [-0.25, -0.2) is 0 Å². The van der Waals surface area contributed by atoms with E-state index in [2.05, 4.69) is 22.5 Å². The first-order valence-electron chi connectivity index (χ1n) is 7.52. The maximum atomic E-state index is 11.6. The molecule has 0 spiro atoms. The normalized spacial score (nSPS) is 19.3. The molecule has 0 aromatic rings. The Hall–Kier alpha value is -0.650. The van der Waals surface area contributed by atoms with Crippen LogP contribution in [0, 0.1) is 0 Å². The van der Waals surface area contributed by atoms with Gasteiger partial charge < -0.3 is 15.4 Å². The molecule has 1 heterocycles. The lowest BCUT2D eigenvalue weighted by Gasteiger charge is -2.26. The monoisotopic (exact) mass is 258 g/mol. The summed E-state index contributed by atoms with van der Waals surface area (Å²) in [6, 6.07) is 0. The van der Waals surface area contributed by atoms with Crippen molar-refractivity contribution in [2.24, 2.45) is 0 Å². The van der Waals surface area contributed by atoms with Crippen molar-refractivity contribution in [1.29, 1.82) is 0 Å². The molecule has 0 aliphatic carbocycles. The topological polar surface area (TPSA) is 53.6 Å². The minimum absolute atomic E-state index is 0.0259. The first-order valence-corrected chi connectivity index (χ1v) is 6.94. The van der Waals surface area contributed by atoms with Crippen molar-refractivity contribution < 1.29 is 10.9 Å². The van der Waals surface area contributed by atoms with Gasteiger partial charge in [0.1, 0.15) is 0 Å². The van der Waals surface area contributed by atoms with E-state index in [4.69, 9.17) is 6.11 Å². The lowest BCUT2D eigenvalue weighted by atomic mass is 10.2. The van der Waals surface area contributed by atoms with E-state index >= 15 is 0 Å². The minimum atomic E-state index is -0.329. The summed E-state index contributed by atoms with van der Waals surface area (Å²) < 4.78 is 13.0. The highest BCUT2D eigenvalue weighted by molar-refractivity contribution is 5.77. The van der Waals surface area contributed by atoms with Gasteiger partial charge in [-0.1, -0.05) is 19.8 Å². The first-order chi connectivity index (χ1) is 9.22. The quantitative estimate of drug-likeness (QED) is 0.621. The molecule has 0 bridgehead atoms. The zero-order chi connectivity index (χ0) is 13.9. The van der Waals surface area contributed by atoms with Crippen molar-refractivity contribution in [1.82, 2.24) is 15.5 Å². The summed E-state index contributed by atoms with van der Waals surface area (Å²) in [6.07, 6.45) is 2.92. The van der Waals surface area contributed by atoms with Crippen molar-refractivity contribution in [3.63, 3.8) is 0 Å². The summed E-state index contributed by atoms with van der Waals surface area (Å²) in [5.41, 5.74) is 0. The van der Waals surface area contributed by atoms with E-state index in [-0.39, 0.29) is 19.0 Å². The average Bonchev–Trinajstić information content (AvgIpc) is 2.44. The van der Waals surface area contributed by atoms with Crippen LogP contribution in [0.3, 0.4) is 0 Å². The van der Waals surface area contributed by atoms with Crippen molar-refractivity contribution in [2.45, 2.75) is 26.2 Å². The van der Waals surface area contributed by atoms with Gasteiger partial charge in [-0.2, -0.15) is 0 Å². The molecule has 2 N–H and O–H groups in total. The number of morpholine rings is 1. The molecule has 18 heavy (non-hydrogen) atoms. The summed E-state index contributed by atoms with van der Waals surface area (Å²) in [4.78, 5) is 13.8. The molecule has 1 aliphatic heterocycles. The molecule has 1 atom stereocenters. The van der Waals surface area contributed by atoms with Crippen LogP contribution < -0.4 is 10.6 Å². The Morgan fingerprint density at radius 2 is 2.17 bits per heavy atom. The molecule has 0 aromatic heterocycles. The molecule has 1 saturated heterocycles. The molecule has 1 amide bonds. The van der Waals surface area contributed by atoms with Crippen LogP contribution in [0.5, 0.6) is 0 Å². The van der Waals surface area contributed by atoms with E-state index in [1.165, 1.54) is 0 Å². The molecule has 0 unspecified atom stereocenters. The largest absolute Gasteiger partial charge is 0.379 e. The molecule has 0 saturated carbocycles. The second kappa shape index (κ2) is 10.3. The maximum absolute atomic E-state index is 11.6. The lowest BCUT2D eigenvalue weighted by molar-refractivity contribution is -0.120. The van der Waals surface area contributed by atoms with Crippen molar-refractivity contribution >= 4 is 5.91 Å².